The van der Waals surface area contributed by atoms with Crippen LogP contribution >= 0.6 is 0 Å². The molecule has 200 valence electrons. The second kappa shape index (κ2) is 13.8. The number of sulfonamides is 1. The van der Waals surface area contributed by atoms with Crippen LogP contribution in [0.3, 0.4) is 0 Å². The fourth-order valence-corrected chi connectivity index (χ4v) is 7.74. The van der Waals surface area contributed by atoms with E-state index in [0.29, 0.717) is 24.6 Å². The van der Waals surface area contributed by atoms with Crippen LogP contribution < -0.4 is 14.8 Å². The molecule has 3 aromatic carbocycles. The van der Waals surface area contributed by atoms with E-state index in [1.54, 1.807) is 0 Å². The van der Waals surface area contributed by atoms with Crippen molar-refractivity contribution in [2.75, 3.05) is 17.5 Å². The number of rotatable bonds is 15. The van der Waals surface area contributed by atoms with E-state index in [2.05, 4.69) is 42.9 Å². The van der Waals surface area contributed by atoms with E-state index < -0.39 is 18.3 Å². The number of nitrogens with one attached hydrogen (secondary N) is 2. The topological polar surface area (TPSA) is 76.7 Å². The summed E-state index contributed by atoms with van der Waals surface area (Å²) >= 11 is 0. The molecule has 0 aliphatic rings. The molecule has 3 aromatic rings. The summed E-state index contributed by atoms with van der Waals surface area (Å²) < 4.78 is 40.0. The molecule has 0 aliphatic carbocycles. The molecule has 8 heteroatoms. The average Bonchev–Trinajstić information content (AvgIpc) is 2.90. The summed E-state index contributed by atoms with van der Waals surface area (Å²) in [4.78, 5) is 0. The summed E-state index contributed by atoms with van der Waals surface area (Å²) in [6.07, 6.45) is 0.942. The van der Waals surface area contributed by atoms with E-state index in [9.17, 15) is 8.42 Å². The second-order valence-corrected chi connectivity index (χ2v) is 15.8. The van der Waals surface area contributed by atoms with Crippen LogP contribution in [0.25, 0.3) is 0 Å². The van der Waals surface area contributed by atoms with Gasteiger partial charge in [-0.3, -0.25) is 4.72 Å². The summed E-state index contributed by atoms with van der Waals surface area (Å²) in [7, 11) is -5.44. The zero-order valence-corrected chi connectivity index (χ0v) is 24.2. The van der Waals surface area contributed by atoms with E-state index in [0.717, 1.165) is 42.1 Å². The van der Waals surface area contributed by atoms with Gasteiger partial charge in [-0.15, -0.1) is 0 Å². The van der Waals surface area contributed by atoms with Crippen molar-refractivity contribution in [2.45, 2.75) is 58.2 Å². The largest absolute Gasteiger partial charge is 0.487 e. The highest BCUT2D eigenvalue weighted by molar-refractivity contribution is 7.92. The van der Waals surface area contributed by atoms with Crippen molar-refractivity contribution in [1.29, 1.82) is 0 Å². The lowest BCUT2D eigenvalue weighted by Gasteiger charge is -2.34. The molecule has 0 radical (unpaired) electrons. The van der Waals surface area contributed by atoms with Gasteiger partial charge >= 0.3 is 0 Å². The van der Waals surface area contributed by atoms with Crippen LogP contribution in [0.2, 0.25) is 18.1 Å². The second-order valence-electron chi connectivity index (χ2n) is 9.37. The molecule has 0 heterocycles. The molecule has 37 heavy (non-hydrogen) atoms. The van der Waals surface area contributed by atoms with Crippen molar-refractivity contribution in [3.05, 3.63) is 95.6 Å². The lowest BCUT2D eigenvalue weighted by Crippen LogP contribution is -2.39. The van der Waals surface area contributed by atoms with Crippen molar-refractivity contribution in [3.8, 4) is 5.75 Å². The normalized spacial score (nSPS) is 12.8. The van der Waals surface area contributed by atoms with Gasteiger partial charge in [0.2, 0.25) is 10.0 Å². The first kappa shape index (κ1) is 28.9. The highest BCUT2D eigenvalue weighted by Crippen LogP contribution is 2.34. The number of ether oxygens (including phenoxy) is 1. The highest BCUT2D eigenvalue weighted by atomic mass is 32.2. The SMILES string of the molecule is CC[Si](CC)(CC)O[C@@H](CNCc1ccccc1)c1ccc(OCc2ccccc2)c(NS(C)(=O)=O)c1. The predicted octanol–water partition coefficient (Wildman–Crippen LogP) is 6.49. The Morgan fingerprint density at radius 3 is 2.00 bits per heavy atom. The molecule has 0 bridgehead atoms. The molecule has 0 spiro atoms. The lowest BCUT2D eigenvalue weighted by atomic mass is 10.1. The number of anilines is 1. The van der Waals surface area contributed by atoms with E-state index >= 15 is 0 Å². The van der Waals surface area contributed by atoms with Crippen LogP contribution in [0.1, 0.15) is 43.6 Å². The molecule has 6 nitrogen and oxygen atoms in total. The summed E-state index contributed by atoms with van der Waals surface area (Å²) in [5, 5.41) is 3.55. The molecule has 2 N–H and O–H groups in total. The Hall–Kier alpha value is -2.65. The first-order valence-corrected chi connectivity index (χ1v) is 17.4. The van der Waals surface area contributed by atoms with E-state index in [1.165, 1.54) is 5.56 Å². The van der Waals surface area contributed by atoms with E-state index in [-0.39, 0.29) is 6.10 Å². The van der Waals surface area contributed by atoms with E-state index in [1.807, 2.05) is 66.7 Å². The Morgan fingerprint density at radius 2 is 1.43 bits per heavy atom. The fourth-order valence-electron chi connectivity index (χ4n) is 4.36. The maximum Gasteiger partial charge on any atom is 0.229 e. The van der Waals surface area contributed by atoms with Crippen molar-refractivity contribution < 1.29 is 17.6 Å². The quantitative estimate of drug-likeness (QED) is 0.216. The molecule has 0 aliphatic heterocycles. The van der Waals surface area contributed by atoms with Crippen LogP contribution in [0.15, 0.2) is 78.9 Å². The minimum atomic E-state index is -3.50. The molecule has 0 saturated carbocycles. The Bertz CT molecular complexity index is 1190. The van der Waals surface area contributed by atoms with Gasteiger partial charge in [-0.1, -0.05) is 87.5 Å². The van der Waals surface area contributed by atoms with Gasteiger partial charge in [0, 0.05) is 13.1 Å². The molecular weight excluding hydrogens is 500 g/mol. The minimum Gasteiger partial charge on any atom is -0.487 e. The maximum atomic E-state index is 12.2. The number of hydrogen-bond donors (Lipinski definition) is 2. The minimum absolute atomic E-state index is 0.210. The molecule has 0 fully saturated rings. The maximum absolute atomic E-state index is 12.2. The molecule has 0 aromatic heterocycles. The van der Waals surface area contributed by atoms with Gasteiger partial charge in [-0.25, -0.2) is 8.42 Å². The lowest BCUT2D eigenvalue weighted by molar-refractivity contribution is 0.185. The van der Waals surface area contributed by atoms with Crippen molar-refractivity contribution in [3.63, 3.8) is 0 Å². The van der Waals surface area contributed by atoms with Gasteiger partial charge < -0.3 is 14.5 Å². The van der Waals surface area contributed by atoms with Crippen molar-refractivity contribution in [1.82, 2.24) is 5.32 Å². The summed E-state index contributed by atoms with van der Waals surface area (Å²) in [5.41, 5.74) is 3.55. The van der Waals surface area contributed by atoms with Gasteiger partial charge in [-0.2, -0.15) is 0 Å². The zero-order valence-electron chi connectivity index (χ0n) is 22.4. The monoisotopic (exact) mass is 540 g/mol. The zero-order chi connectivity index (χ0) is 26.7. The third-order valence-corrected chi connectivity index (χ3v) is 12.0. The molecular formula is C29H40N2O4SSi. The third kappa shape index (κ3) is 9.00. The molecule has 1 atom stereocenters. The van der Waals surface area contributed by atoms with Crippen LogP contribution in [0, 0.1) is 0 Å². The number of benzene rings is 3. The van der Waals surface area contributed by atoms with E-state index in [4.69, 9.17) is 9.16 Å². The fraction of sp³-hybridized carbons (Fsp3) is 0.379. The molecule has 0 unspecified atom stereocenters. The summed E-state index contributed by atoms with van der Waals surface area (Å²) in [6.45, 7) is 8.33. The van der Waals surface area contributed by atoms with Gasteiger partial charge in [0.15, 0.2) is 8.32 Å². The molecule has 0 amide bonds. The van der Waals surface area contributed by atoms with Gasteiger partial charge in [0.25, 0.3) is 0 Å². The van der Waals surface area contributed by atoms with Crippen molar-refractivity contribution in [2.24, 2.45) is 0 Å². The third-order valence-electron chi connectivity index (χ3n) is 6.73. The first-order chi connectivity index (χ1) is 17.8. The summed E-state index contributed by atoms with van der Waals surface area (Å²) in [6, 6.07) is 28.9. The van der Waals surface area contributed by atoms with Crippen LogP contribution in [0.4, 0.5) is 5.69 Å². The molecule has 3 rings (SSSR count). The van der Waals surface area contributed by atoms with Gasteiger partial charge in [0.1, 0.15) is 12.4 Å². The Balaban J connectivity index is 1.89. The Morgan fingerprint density at radius 1 is 0.838 bits per heavy atom. The van der Waals surface area contributed by atoms with Crippen LogP contribution in [0.5, 0.6) is 5.75 Å². The van der Waals surface area contributed by atoms with Gasteiger partial charge in [-0.05, 0) is 47.0 Å². The van der Waals surface area contributed by atoms with Crippen molar-refractivity contribution >= 4 is 24.0 Å². The standard InChI is InChI=1S/C29H40N2O4SSi/c1-5-37(6-2,7-3)35-29(22-30-21-24-14-10-8-11-15-24)26-18-19-28(27(20-26)31-36(4,32)33)34-23-25-16-12-9-13-17-25/h8-20,29-31H,5-7,21-23H2,1-4H3/t29-/m0/s1. The first-order valence-electron chi connectivity index (χ1n) is 13.0. The average molecular weight is 541 g/mol. The predicted molar refractivity (Wildman–Crippen MR) is 155 cm³/mol. The van der Waals surface area contributed by atoms with Crippen LogP contribution in [-0.4, -0.2) is 29.5 Å². The van der Waals surface area contributed by atoms with Crippen LogP contribution in [-0.2, 0) is 27.6 Å². The number of hydrogen-bond acceptors (Lipinski definition) is 5. The Labute approximate surface area is 223 Å². The Kier molecular flexibility index (Phi) is 10.8. The molecule has 0 saturated heterocycles. The highest BCUT2D eigenvalue weighted by Gasteiger charge is 2.33. The summed E-state index contributed by atoms with van der Waals surface area (Å²) in [5.74, 6) is 0.485. The smallest absolute Gasteiger partial charge is 0.229 e. The van der Waals surface area contributed by atoms with Gasteiger partial charge in [0.05, 0.1) is 18.0 Å².